The van der Waals surface area contributed by atoms with Crippen molar-refractivity contribution in [1.82, 2.24) is 0 Å². The molecular formula is C22H26. The van der Waals surface area contributed by atoms with E-state index in [1.807, 2.05) is 26.0 Å². The van der Waals surface area contributed by atoms with Crippen molar-refractivity contribution in [2.24, 2.45) is 0 Å². The Bertz CT molecular complexity index is 632. The standard InChI is InChI=1S/C22H26/c1-6-13-19(9-4)22(21(14-7-2)15-8-3)18(5)20-16-11-10-12-17-20/h6-17H,2H2,1,3-5H3/b13-6-,15-8-,19-9+,21-14+,22-18+. The largest absolute Gasteiger partial charge is 0.0990 e. The fourth-order valence-corrected chi connectivity index (χ4v) is 2.46. The van der Waals surface area contributed by atoms with E-state index < -0.39 is 0 Å². The van der Waals surface area contributed by atoms with Gasteiger partial charge in [0.25, 0.3) is 0 Å². The van der Waals surface area contributed by atoms with E-state index in [9.17, 15) is 0 Å². The van der Waals surface area contributed by atoms with Gasteiger partial charge in [0.15, 0.2) is 0 Å². The molecule has 1 aromatic carbocycles. The average molecular weight is 290 g/mol. The van der Waals surface area contributed by atoms with E-state index >= 15 is 0 Å². The van der Waals surface area contributed by atoms with Crippen LogP contribution in [0, 0.1) is 0 Å². The third kappa shape index (κ3) is 4.60. The Hall–Kier alpha value is -2.34. The van der Waals surface area contributed by atoms with E-state index in [4.69, 9.17) is 0 Å². The summed E-state index contributed by atoms with van der Waals surface area (Å²) in [5, 5.41) is 0. The van der Waals surface area contributed by atoms with Crippen LogP contribution < -0.4 is 0 Å². The van der Waals surface area contributed by atoms with Crippen molar-refractivity contribution in [2.75, 3.05) is 0 Å². The van der Waals surface area contributed by atoms with Crippen LogP contribution >= 0.6 is 0 Å². The Labute approximate surface area is 135 Å². The second-order valence-corrected chi connectivity index (χ2v) is 4.97. The number of rotatable bonds is 6. The van der Waals surface area contributed by atoms with Crippen LogP contribution in [-0.2, 0) is 0 Å². The van der Waals surface area contributed by atoms with Crippen LogP contribution in [0.4, 0.5) is 0 Å². The maximum absolute atomic E-state index is 3.86. The van der Waals surface area contributed by atoms with E-state index in [2.05, 4.69) is 81.1 Å². The molecule has 0 heterocycles. The molecule has 1 aromatic rings. The van der Waals surface area contributed by atoms with Crippen LogP contribution in [-0.4, -0.2) is 0 Å². The minimum absolute atomic E-state index is 1.17. The van der Waals surface area contributed by atoms with Gasteiger partial charge in [0.2, 0.25) is 0 Å². The maximum atomic E-state index is 3.86. The Kier molecular flexibility index (Phi) is 7.70. The van der Waals surface area contributed by atoms with Crippen LogP contribution in [0.25, 0.3) is 5.57 Å². The summed E-state index contributed by atoms with van der Waals surface area (Å²) in [6.45, 7) is 12.2. The molecule has 0 amide bonds. The molecule has 0 aliphatic heterocycles. The molecule has 0 aromatic heterocycles. The summed E-state index contributed by atoms with van der Waals surface area (Å²) in [5.41, 5.74) is 6.13. The van der Waals surface area contributed by atoms with Gasteiger partial charge in [0.1, 0.15) is 0 Å². The molecule has 0 N–H and O–H groups in total. The summed E-state index contributed by atoms with van der Waals surface area (Å²) in [7, 11) is 0. The third-order valence-electron chi connectivity index (χ3n) is 3.46. The van der Waals surface area contributed by atoms with Crippen LogP contribution in [0.15, 0.2) is 96.2 Å². The first-order valence-electron chi connectivity index (χ1n) is 7.71. The van der Waals surface area contributed by atoms with Gasteiger partial charge in [-0.25, -0.2) is 0 Å². The quantitative estimate of drug-likeness (QED) is 0.513. The van der Waals surface area contributed by atoms with Crippen molar-refractivity contribution < 1.29 is 0 Å². The van der Waals surface area contributed by atoms with E-state index in [0.717, 1.165) is 0 Å². The van der Waals surface area contributed by atoms with Crippen LogP contribution in [0.2, 0.25) is 0 Å². The summed E-state index contributed by atoms with van der Waals surface area (Å²) in [4.78, 5) is 0. The van der Waals surface area contributed by atoms with Crippen molar-refractivity contribution in [2.45, 2.75) is 27.7 Å². The van der Waals surface area contributed by atoms with Crippen molar-refractivity contribution in [3.05, 3.63) is 102 Å². The van der Waals surface area contributed by atoms with Gasteiger partial charge < -0.3 is 0 Å². The zero-order valence-electron chi connectivity index (χ0n) is 14.1. The number of hydrogen-bond acceptors (Lipinski definition) is 0. The molecule has 0 heteroatoms. The number of benzene rings is 1. The Morgan fingerprint density at radius 3 is 2.00 bits per heavy atom. The van der Waals surface area contributed by atoms with E-state index in [1.165, 1.54) is 27.9 Å². The zero-order chi connectivity index (χ0) is 16.4. The van der Waals surface area contributed by atoms with Gasteiger partial charge in [-0.05, 0) is 55.6 Å². The highest BCUT2D eigenvalue weighted by Crippen LogP contribution is 2.31. The summed E-state index contributed by atoms with van der Waals surface area (Å²) in [6.07, 6.45) is 14.5. The highest BCUT2D eigenvalue weighted by atomic mass is 14.1. The Balaban J connectivity index is 3.65. The van der Waals surface area contributed by atoms with Crippen LogP contribution in [0.3, 0.4) is 0 Å². The summed E-state index contributed by atoms with van der Waals surface area (Å²) < 4.78 is 0. The first kappa shape index (κ1) is 17.7. The SMILES string of the molecule is C=C/C=C(\C=C/C)C(/C(/C=C\C)=C/C)=C(\C)c1ccccc1. The first-order valence-corrected chi connectivity index (χ1v) is 7.71. The molecule has 0 unspecified atom stereocenters. The third-order valence-corrected chi connectivity index (χ3v) is 3.46. The van der Waals surface area contributed by atoms with Gasteiger partial charge >= 0.3 is 0 Å². The normalized spacial score (nSPS) is 14.5. The highest BCUT2D eigenvalue weighted by molar-refractivity contribution is 5.78. The van der Waals surface area contributed by atoms with Gasteiger partial charge in [0, 0.05) is 0 Å². The molecule has 0 atom stereocenters. The first-order chi connectivity index (χ1) is 10.7. The zero-order valence-corrected chi connectivity index (χ0v) is 14.1. The lowest BCUT2D eigenvalue weighted by Crippen LogP contribution is -1.96. The predicted molar refractivity (Wildman–Crippen MR) is 101 cm³/mol. The lowest BCUT2D eigenvalue weighted by molar-refractivity contribution is 1.39. The summed E-state index contributed by atoms with van der Waals surface area (Å²) in [5.74, 6) is 0. The van der Waals surface area contributed by atoms with Crippen molar-refractivity contribution in [3.8, 4) is 0 Å². The second kappa shape index (κ2) is 9.57. The molecule has 0 fully saturated rings. The molecule has 0 saturated heterocycles. The summed E-state index contributed by atoms with van der Waals surface area (Å²) >= 11 is 0. The van der Waals surface area contributed by atoms with Gasteiger partial charge in [0.05, 0.1) is 0 Å². The minimum atomic E-state index is 1.17. The molecule has 1 rings (SSSR count). The van der Waals surface area contributed by atoms with Gasteiger partial charge in [-0.1, -0.05) is 79.4 Å². The van der Waals surface area contributed by atoms with Crippen LogP contribution in [0.1, 0.15) is 33.3 Å². The molecule has 114 valence electrons. The van der Waals surface area contributed by atoms with E-state index in [-0.39, 0.29) is 0 Å². The van der Waals surface area contributed by atoms with E-state index in [1.54, 1.807) is 0 Å². The molecule has 0 aliphatic rings. The molecule has 0 bridgehead atoms. The average Bonchev–Trinajstić information content (AvgIpc) is 2.55. The minimum Gasteiger partial charge on any atom is -0.0990 e. The topological polar surface area (TPSA) is 0 Å². The molecule has 22 heavy (non-hydrogen) atoms. The fourth-order valence-electron chi connectivity index (χ4n) is 2.46. The van der Waals surface area contributed by atoms with Gasteiger partial charge in [-0.3, -0.25) is 0 Å². The molecule has 0 aliphatic carbocycles. The van der Waals surface area contributed by atoms with Crippen molar-refractivity contribution >= 4 is 5.57 Å². The van der Waals surface area contributed by atoms with Gasteiger partial charge in [-0.2, -0.15) is 0 Å². The van der Waals surface area contributed by atoms with Crippen molar-refractivity contribution in [3.63, 3.8) is 0 Å². The van der Waals surface area contributed by atoms with E-state index in [0.29, 0.717) is 0 Å². The van der Waals surface area contributed by atoms with Gasteiger partial charge in [-0.15, -0.1) is 0 Å². The second-order valence-electron chi connectivity index (χ2n) is 4.97. The smallest absolute Gasteiger partial charge is 0.00797 e. The number of hydrogen-bond donors (Lipinski definition) is 0. The van der Waals surface area contributed by atoms with Crippen molar-refractivity contribution in [1.29, 1.82) is 0 Å². The molecular weight excluding hydrogens is 264 g/mol. The number of allylic oxidation sites excluding steroid dienone is 11. The van der Waals surface area contributed by atoms with Crippen LogP contribution in [0.5, 0.6) is 0 Å². The molecule has 0 radical (unpaired) electrons. The lowest BCUT2D eigenvalue weighted by Gasteiger charge is -2.15. The fraction of sp³-hybridized carbons (Fsp3) is 0.182. The predicted octanol–water partition coefficient (Wildman–Crippen LogP) is 6.67. The Morgan fingerprint density at radius 2 is 1.50 bits per heavy atom. The maximum Gasteiger partial charge on any atom is -0.00797 e. The monoisotopic (exact) mass is 290 g/mol. The molecule has 0 spiro atoms. The summed E-state index contributed by atoms with van der Waals surface area (Å²) in [6, 6.07) is 10.5. The Morgan fingerprint density at radius 1 is 0.909 bits per heavy atom. The molecule has 0 nitrogen and oxygen atoms in total. The highest BCUT2D eigenvalue weighted by Gasteiger charge is 2.11. The molecule has 0 saturated carbocycles. The lowest BCUT2D eigenvalue weighted by atomic mass is 9.89.